The molecule has 0 unspecified atom stereocenters. The highest BCUT2D eigenvalue weighted by molar-refractivity contribution is 5.73. The third-order valence-corrected chi connectivity index (χ3v) is 3.81. The van der Waals surface area contributed by atoms with Crippen molar-refractivity contribution in [3.05, 3.63) is 29.8 Å². The summed E-state index contributed by atoms with van der Waals surface area (Å²) in [6, 6.07) is 8.52. The number of nitrogens with zero attached hydrogens (tertiary/aromatic N) is 1. The van der Waals surface area contributed by atoms with Gasteiger partial charge in [-0.2, -0.15) is 0 Å². The van der Waals surface area contributed by atoms with Gasteiger partial charge >= 0.3 is 5.97 Å². The van der Waals surface area contributed by atoms with Gasteiger partial charge in [0.1, 0.15) is 0 Å². The van der Waals surface area contributed by atoms with Crippen LogP contribution in [0.2, 0.25) is 0 Å². The molecule has 0 amide bonds. The smallest absolute Gasteiger partial charge is 0.309 e. The lowest BCUT2D eigenvalue weighted by Gasteiger charge is -2.24. The van der Waals surface area contributed by atoms with Crippen molar-refractivity contribution in [3.8, 4) is 0 Å². The molecule has 3 nitrogen and oxygen atoms in total. The first kappa shape index (κ1) is 16.5. The van der Waals surface area contributed by atoms with Crippen molar-refractivity contribution >= 4 is 11.7 Å². The number of aryl methyl sites for hydroxylation is 1. The molecule has 1 N–H and O–H groups in total. The number of anilines is 1. The minimum absolute atomic E-state index is 0.611. The van der Waals surface area contributed by atoms with Crippen LogP contribution >= 0.6 is 0 Å². The Morgan fingerprint density at radius 1 is 1.30 bits per heavy atom. The largest absolute Gasteiger partial charge is 0.481 e. The molecule has 1 aromatic rings. The number of hydrogen-bond acceptors (Lipinski definition) is 2. The van der Waals surface area contributed by atoms with Gasteiger partial charge in [0, 0.05) is 18.8 Å². The molecule has 112 valence electrons. The van der Waals surface area contributed by atoms with Gasteiger partial charge in [-0.05, 0) is 58.2 Å². The van der Waals surface area contributed by atoms with Crippen LogP contribution in [-0.2, 0) is 4.79 Å². The van der Waals surface area contributed by atoms with Crippen LogP contribution in [-0.4, -0.2) is 24.2 Å². The number of aliphatic carboxylic acids is 1. The zero-order valence-electron chi connectivity index (χ0n) is 13.1. The standard InChI is InChI=1S/C17H27NO2/c1-5-18(15-10-8-9-14(2)13-15)12-7-6-11-17(3,4)16(19)20/h8-10,13H,5-7,11-12H2,1-4H3,(H,19,20). The van der Waals surface area contributed by atoms with Crippen molar-refractivity contribution in [2.45, 2.75) is 47.0 Å². The van der Waals surface area contributed by atoms with Crippen molar-refractivity contribution in [2.24, 2.45) is 5.41 Å². The molecule has 1 aromatic carbocycles. The first-order valence-corrected chi connectivity index (χ1v) is 7.42. The van der Waals surface area contributed by atoms with E-state index in [4.69, 9.17) is 5.11 Å². The second kappa shape index (κ2) is 7.32. The Labute approximate surface area is 122 Å². The average molecular weight is 277 g/mol. The molecule has 0 bridgehead atoms. The van der Waals surface area contributed by atoms with Crippen molar-refractivity contribution in [2.75, 3.05) is 18.0 Å². The number of carboxylic acid groups (broad SMARTS) is 1. The summed E-state index contributed by atoms with van der Waals surface area (Å²) < 4.78 is 0. The predicted molar refractivity (Wildman–Crippen MR) is 84.3 cm³/mol. The maximum atomic E-state index is 11.1. The van der Waals surface area contributed by atoms with E-state index >= 15 is 0 Å². The Kier molecular flexibility index (Phi) is 6.05. The number of hydrogen-bond donors (Lipinski definition) is 1. The van der Waals surface area contributed by atoms with Crippen LogP contribution in [0.1, 0.15) is 45.6 Å². The molecule has 0 aromatic heterocycles. The van der Waals surface area contributed by atoms with Gasteiger partial charge in [0.2, 0.25) is 0 Å². The predicted octanol–water partition coefficient (Wildman–Crippen LogP) is 4.10. The molecule has 1 rings (SSSR count). The van der Waals surface area contributed by atoms with E-state index in [1.807, 2.05) is 0 Å². The van der Waals surface area contributed by atoms with E-state index in [0.717, 1.165) is 32.4 Å². The summed E-state index contributed by atoms with van der Waals surface area (Å²) >= 11 is 0. The van der Waals surface area contributed by atoms with Gasteiger partial charge in [0.25, 0.3) is 0 Å². The monoisotopic (exact) mass is 277 g/mol. The van der Waals surface area contributed by atoms with Gasteiger partial charge in [-0.15, -0.1) is 0 Å². The van der Waals surface area contributed by atoms with Gasteiger partial charge in [0.05, 0.1) is 5.41 Å². The maximum Gasteiger partial charge on any atom is 0.309 e. The lowest BCUT2D eigenvalue weighted by Crippen LogP contribution is -2.26. The summed E-state index contributed by atoms with van der Waals surface area (Å²) in [5.74, 6) is -0.705. The summed E-state index contributed by atoms with van der Waals surface area (Å²) in [5.41, 5.74) is 1.92. The lowest BCUT2D eigenvalue weighted by molar-refractivity contribution is -0.147. The number of rotatable bonds is 8. The molecule has 0 saturated heterocycles. The molecule has 0 radical (unpaired) electrons. The van der Waals surface area contributed by atoms with Crippen LogP contribution < -0.4 is 4.90 Å². The average Bonchev–Trinajstić information content (AvgIpc) is 2.38. The van der Waals surface area contributed by atoms with E-state index in [1.54, 1.807) is 13.8 Å². The van der Waals surface area contributed by atoms with Crippen molar-refractivity contribution in [1.29, 1.82) is 0 Å². The topological polar surface area (TPSA) is 40.5 Å². The van der Waals surface area contributed by atoms with Gasteiger partial charge in [-0.3, -0.25) is 4.79 Å². The molecule has 0 aliphatic rings. The first-order valence-electron chi connectivity index (χ1n) is 7.42. The fourth-order valence-electron chi connectivity index (χ4n) is 2.27. The molecular weight excluding hydrogens is 250 g/mol. The van der Waals surface area contributed by atoms with Crippen molar-refractivity contribution in [1.82, 2.24) is 0 Å². The fourth-order valence-corrected chi connectivity index (χ4v) is 2.27. The Morgan fingerprint density at radius 2 is 2.00 bits per heavy atom. The minimum Gasteiger partial charge on any atom is -0.481 e. The van der Waals surface area contributed by atoms with Crippen molar-refractivity contribution < 1.29 is 9.90 Å². The molecule has 0 aliphatic heterocycles. The number of carboxylic acids is 1. The summed E-state index contributed by atoms with van der Waals surface area (Å²) in [4.78, 5) is 13.4. The molecule has 20 heavy (non-hydrogen) atoms. The van der Waals surface area contributed by atoms with Gasteiger partial charge in [-0.1, -0.05) is 18.6 Å². The zero-order chi connectivity index (χ0) is 15.2. The minimum atomic E-state index is -0.705. The molecule has 0 fully saturated rings. The molecular formula is C17H27NO2. The van der Waals surface area contributed by atoms with Crippen LogP contribution in [0.5, 0.6) is 0 Å². The number of unbranched alkanes of at least 4 members (excludes halogenated alkanes) is 1. The summed E-state index contributed by atoms with van der Waals surface area (Å²) in [7, 11) is 0. The highest BCUT2D eigenvalue weighted by atomic mass is 16.4. The normalized spacial score (nSPS) is 11.4. The van der Waals surface area contributed by atoms with E-state index in [1.165, 1.54) is 11.3 Å². The van der Waals surface area contributed by atoms with E-state index in [-0.39, 0.29) is 0 Å². The van der Waals surface area contributed by atoms with Crippen LogP contribution in [0, 0.1) is 12.3 Å². The van der Waals surface area contributed by atoms with Gasteiger partial charge in [0.15, 0.2) is 0 Å². The maximum absolute atomic E-state index is 11.1. The van der Waals surface area contributed by atoms with Gasteiger partial charge in [-0.25, -0.2) is 0 Å². The Balaban J connectivity index is 2.45. The van der Waals surface area contributed by atoms with E-state index in [2.05, 4.69) is 43.0 Å². The molecule has 3 heteroatoms. The second-order valence-corrected chi connectivity index (χ2v) is 6.06. The fraction of sp³-hybridized carbons (Fsp3) is 0.588. The molecule has 0 saturated carbocycles. The zero-order valence-corrected chi connectivity index (χ0v) is 13.1. The quantitative estimate of drug-likeness (QED) is 0.727. The van der Waals surface area contributed by atoms with Crippen LogP contribution in [0.3, 0.4) is 0 Å². The number of benzene rings is 1. The molecule has 0 spiro atoms. The Bertz CT molecular complexity index is 440. The SMILES string of the molecule is CCN(CCCCC(C)(C)C(=O)O)c1cccc(C)c1. The molecule has 0 atom stereocenters. The van der Waals surface area contributed by atoms with E-state index in [9.17, 15) is 4.79 Å². The third-order valence-electron chi connectivity index (χ3n) is 3.81. The van der Waals surface area contributed by atoms with Crippen LogP contribution in [0.15, 0.2) is 24.3 Å². The summed E-state index contributed by atoms with van der Waals surface area (Å²) in [5, 5.41) is 9.09. The first-order chi connectivity index (χ1) is 9.36. The van der Waals surface area contributed by atoms with Gasteiger partial charge < -0.3 is 10.0 Å². The third kappa shape index (κ3) is 4.87. The van der Waals surface area contributed by atoms with E-state index < -0.39 is 11.4 Å². The highest BCUT2D eigenvalue weighted by Gasteiger charge is 2.26. The Morgan fingerprint density at radius 3 is 2.55 bits per heavy atom. The molecule has 0 aliphatic carbocycles. The summed E-state index contributed by atoms with van der Waals surface area (Å²) in [6.07, 6.45) is 2.70. The highest BCUT2D eigenvalue weighted by Crippen LogP contribution is 2.24. The summed E-state index contributed by atoms with van der Waals surface area (Å²) in [6.45, 7) is 9.82. The number of carbonyl (C=O) groups is 1. The Hall–Kier alpha value is -1.51. The van der Waals surface area contributed by atoms with Crippen molar-refractivity contribution in [3.63, 3.8) is 0 Å². The van der Waals surface area contributed by atoms with Crippen LogP contribution in [0.4, 0.5) is 5.69 Å². The van der Waals surface area contributed by atoms with E-state index in [0.29, 0.717) is 0 Å². The second-order valence-electron chi connectivity index (χ2n) is 6.06. The molecule has 0 heterocycles. The van der Waals surface area contributed by atoms with Crippen LogP contribution in [0.25, 0.3) is 0 Å². The lowest BCUT2D eigenvalue weighted by atomic mass is 9.87.